The van der Waals surface area contributed by atoms with Crippen molar-refractivity contribution >= 4 is 17.5 Å². The molecular weight excluding hydrogens is 338 g/mol. The molecule has 2 aromatic carbocycles. The maximum atomic E-state index is 12.7. The molecule has 2 amide bonds. The van der Waals surface area contributed by atoms with Gasteiger partial charge in [0, 0.05) is 31.2 Å². The Kier molecular flexibility index (Phi) is 5.21. The van der Waals surface area contributed by atoms with Crippen LogP contribution in [0, 0.1) is 0 Å². The highest BCUT2D eigenvalue weighted by Crippen LogP contribution is 2.23. The number of rotatable bonds is 7. The van der Waals surface area contributed by atoms with E-state index in [0.717, 1.165) is 42.6 Å². The van der Waals surface area contributed by atoms with Gasteiger partial charge in [0.05, 0.1) is 0 Å². The van der Waals surface area contributed by atoms with E-state index in [4.69, 9.17) is 0 Å². The van der Waals surface area contributed by atoms with Crippen LogP contribution in [0.1, 0.15) is 42.9 Å². The van der Waals surface area contributed by atoms with Crippen LogP contribution in [0.3, 0.4) is 0 Å². The normalized spacial score (nSPS) is 17.8. The number of hydrogen-bond acceptors (Lipinski definition) is 3. The minimum atomic E-state index is -0.369. The molecule has 1 unspecified atom stereocenters. The molecule has 1 atom stereocenters. The van der Waals surface area contributed by atoms with E-state index in [1.54, 1.807) is 0 Å². The first-order valence-electron chi connectivity index (χ1n) is 9.69. The van der Waals surface area contributed by atoms with Crippen LogP contribution in [0.15, 0.2) is 54.6 Å². The Morgan fingerprint density at radius 2 is 1.81 bits per heavy atom. The minimum absolute atomic E-state index is 0.0305. The van der Waals surface area contributed by atoms with Gasteiger partial charge in [-0.25, -0.2) is 0 Å². The van der Waals surface area contributed by atoms with E-state index in [0.29, 0.717) is 19.0 Å². The van der Waals surface area contributed by atoms with E-state index >= 15 is 0 Å². The van der Waals surface area contributed by atoms with Crippen LogP contribution in [0.2, 0.25) is 0 Å². The third-order valence-corrected chi connectivity index (χ3v) is 5.15. The second-order valence-electron chi connectivity index (χ2n) is 7.32. The van der Waals surface area contributed by atoms with Crippen LogP contribution in [0.5, 0.6) is 0 Å². The Hall–Kier alpha value is -2.66. The van der Waals surface area contributed by atoms with Gasteiger partial charge in [-0.2, -0.15) is 0 Å². The maximum Gasteiger partial charge on any atom is 0.241 e. The fourth-order valence-electron chi connectivity index (χ4n) is 3.45. The molecule has 2 N–H and O–H groups in total. The molecule has 0 spiro atoms. The number of anilines is 1. The van der Waals surface area contributed by atoms with Crippen molar-refractivity contribution in [2.24, 2.45) is 0 Å². The summed E-state index contributed by atoms with van der Waals surface area (Å²) in [6.07, 6.45) is 3.71. The van der Waals surface area contributed by atoms with Gasteiger partial charge in [0.2, 0.25) is 11.8 Å². The lowest BCUT2D eigenvalue weighted by Crippen LogP contribution is -2.38. The first-order valence-corrected chi connectivity index (χ1v) is 9.69. The van der Waals surface area contributed by atoms with Gasteiger partial charge in [-0.05, 0) is 42.5 Å². The van der Waals surface area contributed by atoms with Crippen molar-refractivity contribution in [3.8, 4) is 0 Å². The monoisotopic (exact) mass is 363 g/mol. The third kappa shape index (κ3) is 4.37. The summed E-state index contributed by atoms with van der Waals surface area (Å²) in [5.74, 6) is 0.227. The Labute approximate surface area is 159 Å². The van der Waals surface area contributed by atoms with Gasteiger partial charge >= 0.3 is 0 Å². The lowest BCUT2D eigenvalue weighted by molar-refractivity contribution is -0.123. The van der Waals surface area contributed by atoms with E-state index in [2.05, 4.69) is 10.6 Å². The van der Waals surface area contributed by atoms with Gasteiger partial charge in [-0.3, -0.25) is 14.9 Å². The summed E-state index contributed by atoms with van der Waals surface area (Å²) < 4.78 is 0. The summed E-state index contributed by atoms with van der Waals surface area (Å²) >= 11 is 0. The molecule has 0 radical (unpaired) electrons. The number of carbonyl (C=O) groups is 2. The van der Waals surface area contributed by atoms with E-state index < -0.39 is 0 Å². The van der Waals surface area contributed by atoms with Gasteiger partial charge < -0.3 is 10.2 Å². The molecule has 1 aliphatic heterocycles. The lowest BCUT2D eigenvalue weighted by atomic mass is 10.1. The van der Waals surface area contributed by atoms with Crippen LogP contribution in [0.25, 0.3) is 0 Å². The van der Waals surface area contributed by atoms with Crippen LogP contribution in [-0.4, -0.2) is 24.4 Å². The topological polar surface area (TPSA) is 61.4 Å². The highest BCUT2D eigenvalue weighted by atomic mass is 16.2. The molecule has 2 fully saturated rings. The molecule has 0 bridgehead atoms. The Balaban J connectivity index is 1.42. The van der Waals surface area contributed by atoms with Crippen molar-refractivity contribution in [2.75, 3.05) is 11.4 Å². The van der Waals surface area contributed by atoms with Crippen molar-refractivity contribution < 1.29 is 9.59 Å². The maximum absolute atomic E-state index is 12.7. The van der Waals surface area contributed by atoms with E-state index in [9.17, 15) is 9.59 Å². The number of hydrogen-bond donors (Lipinski definition) is 2. The molecule has 1 heterocycles. The molecule has 1 aliphatic carbocycles. The number of nitrogens with zero attached hydrogens (tertiary/aromatic N) is 1. The van der Waals surface area contributed by atoms with Crippen LogP contribution in [0.4, 0.5) is 5.69 Å². The number of nitrogens with one attached hydrogen (secondary N) is 2. The minimum Gasteiger partial charge on any atom is -0.352 e. The second kappa shape index (κ2) is 7.92. The van der Waals surface area contributed by atoms with E-state index in [1.807, 2.05) is 59.5 Å². The largest absolute Gasteiger partial charge is 0.352 e. The van der Waals surface area contributed by atoms with Crippen LogP contribution in [-0.2, 0) is 16.1 Å². The fourth-order valence-corrected chi connectivity index (χ4v) is 3.45. The van der Waals surface area contributed by atoms with E-state index in [-0.39, 0.29) is 17.9 Å². The molecule has 140 valence electrons. The van der Waals surface area contributed by atoms with Crippen molar-refractivity contribution in [3.05, 3.63) is 65.7 Å². The Bertz CT molecular complexity index is 800. The number of carbonyl (C=O) groups excluding carboxylic acids is 2. The standard InChI is InChI=1S/C22H25N3O2/c26-20-7-4-14-25(20)19-12-8-16(9-13-19)15-23-21(17-5-2-1-3-6-17)22(27)24-18-10-11-18/h1-3,5-6,8-9,12-13,18,21,23H,4,7,10-11,14-15H2,(H,24,27). The zero-order chi connectivity index (χ0) is 18.6. The highest BCUT2D eigenvalue weighted by molar-refractivity contribution is 5.95. The number of benzene rings is 2. The third-order valence-electron chi connectivity index (χ3n) is 5.15. The van der Waals surface area contributed by atoms with Crippen molar-refractivity contribution in [2.45, 2.75) is 44.3 Å². The van der Waals surface area contributed by atoms with Gasteiger partial charge in [0.25, 0.3) is 0 Å². The van der Waals surface area contributed by atoms with Gasteiger partial charge in [0.1, 0.15) is 6.04 Å². The summed E-state index contributed by atoms with van der Waals surface area (Å²) in [6.45, 7) is 1.39. The SMILES string of the molecule is O=C(NC1CC1)C(NCc1ccc(N2CCCC2=O)cc1)c1ccccc1. The summed E-state index contributed by atoms with van der Waals surface area (Å²) in [5.41, 5.74) is 3.01. The molecule has 5 heteroatoms. The summed E-state index contributed by atoms with van der Waals surface area (Å²) in [7, 11) is 0. The number of amides is 2. The quantitative estimate of drug-likeness (QED) is 0.795. The van der Waals surface area contributed by atoms with Crippen LogP contribution >= 0.6 is 0 Å². The predicted octanol–water partition coefficient (Wildman–Crippen LogP) is 2.92. The smallest absolute Gasteiger partial charge is 0.241 e. The molecule has 27 heavy (non-hydrogen) atoms. The van der Waals surface area contributed by atoms with Gasteiger partial charge in [-0.15, -0.1) is 0 Å². The fraction of sp³-hybridized carbons (Fsp3) is 0.364. The molecular formula is C22H25N3O2. The Morgan fingerprint density at radius 3 is 2.44 bits per heavy atom. The first-order chi connectivity index (χ1) is 13.2. The van der Waals surface area contributed by atoms with Gasteiger partial charge in [0.15, 0.2) is 0 Å². The van der Waals surface area contributed by atoms with E-state index in [1.165, 1.54) is 0 Å². The molecule has 4 rings (SSSR count). The molecule has 1 saturated carbocycles. The summed E-state index contributed by atoms with van der Waals surface area (Å²) in [6, 6.07) is 17.8. The first kappa shape index (κ1) is 17.7. The van der Waals surface area contributed by atoms with Crippen molar-refractivity contribution in [1.29, 1.82) is 0 Å². The predicted molar refractivity (Wildman–Crippen MR) is 105 cm³/mol. The molecule has 1 saturated heterocycles. The van der Waals surface area contributed by atoms with Gasteiger partial charge in [-0.1, -0.05) is 42.5 Å². The zero-order valence-corrected chi connectivity index (χ0v) is 15.4. The van der Waals surface area contributed by atoms with Crippen molar-refractivity contribution in [3.63, 3.8) is 0 Å². The van der Waals surface area contributed by atoms with Crippen molar-refractivity contribution in [1.82, 2.24) is 10.6 Å². The Morgan fingerprint density at radius 1 is 1.07 bits per heavy atom. The average molecular weight is 363 g/mol. The zero-order valence-electron chi connectivity index (χ0n) is 15.4. The average Bonchev–Trinajstić information content (AvgIpc) is 3.41. The van der Waals surface area contributed by atoms with Crippen LogP contribution < -0.4 is 15.5 Å². The molecule has 5 nitrogen and oxygen atoms in total. The molecule has 0 aromatic heterocycles. The summed E-state index contributed by atoms with van der Waals surface area (Å²) in [5, 5.41) is 6.48. The second-order valence-corrected chi connectivity index (χ2v) is 7.32. The molecule has 2 aromatic rings. The summed E-state index contributed by atoms with van der Waals surface area (Å²) in [4.78, 5) is 26.4. The molecule has 2 aliphatic rings. The highest BCUT2D eigenvalue weighted by Gasteiger charge is 2.28. The lowest BCUT2D eigenvalue weighted by Gasteiger charge is -2.20.